The van der Waals surface area contributed by atoms with Crippen LogP contribution in [0.5, 0.6) is 0 Å². The van der Waals surface area contributed by atoms with E-state index in [1.54, 1.807) is 31.4 Å². The van der Waals surface area contributed by atoms with Gasteiger partial charge in [-0.05, 0) is 25.3 Å². The van der Waals surface area contributed by atoms with E-state index >= 15 is 0 Å². The highest BCUT2D eigenvalue weighted by molar-refractivity contribution is 7.89. The fourth-order valence-corrected chi connectivity index (χ4v) is 5.59. The molecule has 0 bridgehead atoms. The summed E-state index contributed by atoms with van der Waals surface area (Å²) in [4.78, 5) is 7.89. The molecule has 0 aromatic carbocycles. The first-order valence-electron chi connectivity index (χ1n) is 8.59. The average molecular weight is 409 g/mol. The molecule has 1 aliphatic heterocycles. The molecular weight excluding hydrogens is 388 g/mol. The summed E-state index contributed by atoms with van der Waals surface area (Å²) in [6.45, 7) is 6.00. The summed E-state index contributed by atoms with van der Waals surface area (Å²) in [5.41, 5.74) is 1.25. The summed E-state index contributed by atoms with van der Waals surface area (Å²) in [7, 11) is -3.58. The number of rotatable bonds is 5. The number of hydrogen-bond donors (Lipinski definition) is 0. The Hall–Kier alpha value is -2.01. The van der Waals surface area contributed by atoms with Gasteiger partial charge in [0, 0.05) is 32.7 Å². The lowest BCUT2D eigenvalue weighted by Gasteiger charge is -2.33. The lowest BCUT2D eigenvalue weighted by atomic mass is 10.3. The number of hydrogen-bond acceptors (Lipinski definition) is 8. The first-order chi connectivity index (χ1) is 12.9. The Kier molecular flexibility index (Phi) is 4.89. The predicted octanol–water partition coefficient (Wildman–Crippen LogP) is 2.51. The molecule has 0 aliphatic carbocycles. The molecule has 0 saturated carbocycles. The zero-order chi connectivity index (χ0) is 19.0. The monoisotopic (exact) mass is 408 g/mol. The largest absolute Gasteiger partial charge is 0.444 e. The summed E-state index contributed by atoms with van der Waals surface area (Å²) in [5.74, 6) is 0.957. The molecule has 0 atom stereocenters. The number of sulfonamides is 1. The van der Waals surface area contributed by atoms with Gasteiger partial charge in [0.05, 0.1) is 10.6 Å². The predicted molar refractivity (Wildman–Crippen MR) is 99.8 cm³/mol. The summed E-state index contributed by atoms with van der Waals surface area (Å²) in [6, 6.07) is 3.93. The van der Waals surface area contributed by atoms with Gasteiger partial charge in [-0.15, -0.1) is 11.3 Å². The molecule has 0 radical (unpaired) electrons. The maximum Gasteiger partial charge on any atom is 0.248 e. The molecular formula is C17H20N4O4S2. The molecule has 0 amide bonds. The Morgan fingerprint density at radius 1 is 1.22 bits per heavy atom. The molecule has 1 saturated heterocycles. The SMILES string of the molecule is Cc1noc(C)c1S(=O)(=O)N1CCN(Cc2coc(-c3cccs3)n2)CC1. The number of aromatic nitrogens is 2. The smallest absolute Gasteiger partial charge is 0.248 e. The third-order valence-corrected chi connectivity index (χ3v) is 7.57. The van der Waals surface area contributed by atoms with Crippen molar-refractivity contribution in [1.82, 2.24) is 19.3 Å². The molecule has 144 valence electrons. The topological polar surface area (TPSA) is 92.7 Å². The van der Waals surface area contributed by atoms with Crippen LogP contribution in [0, 0.1) is 13.8 Å². The molecule has 8 nitrogen and oxygen atoms in total. The van der Waals surface area contributed by atoms with Gasteiger partial charge in [-0.25, -0.2) is 13.4 Å². The van der Waals surface area contributed by atoms with Crippen LogP contribution >= 0.6 is 11.3 Å². The van der Waals surface area contributed by atoms with E-state index in [1.807, 2.05) is 17.5 Å². The molecule has 1 fully saturated rings. The third-order valence-electron chi connectivity index (χ3n) is 4.57. The summed E-state index contributed by atoms with van der Waals surface area (Å²) >= 11 is 1.58. The second-order valence-corrected chi connectivity index (χ2v) is 9.28. The van der Waals surface area contributed by atoms with Crippen molar-refractivity contribution in [3.63, 3.8) is 0 Å². The van der Waals surface area contributed by atoms with E-state index in [4.69, 9.17) is 8.94 Å². The van der Waals surface area contributed by atoms with Gasteiger partial charge in [-0.2, -0.15) is 4.31 Å². The summed E-state index contributed by atoms with van der Waals surface area (Å²) in [6.07, 6.45) is 1.67. The molecule has 4 heterocycles. The molecule has 0 unspecified atom stereocenters. The van der Waals surface area contributed by atoms with Crippen LogP contribution in [0.3, 0.4) is 0 Å². The number of oxazole rings is 1. The molecule has 0 N–H and O–H groups in total. The van der Waals surface area contributed by atoms with Gasteiger partial charge >= 0.3 is 0 Å². The zero-order valence-electron chi connectivity index (χ0n) is 15.1. The van der Waals surface area contributed by atoms with Crippen LogP contribution in [0.25, 0.3) is 10.8 Å². The van der Waals surface area contributed by atoms with Crippen molar-refractivity contribution >= 4 is 21.4 Å². The van der Waals surface area contributed by atoms with E-state index < -0.39 is 10.0 Å². The van der Waals surface area contributed by atoms with Crippen molar-refractivity contribution in [2.45, 2.75) is 25.3 Å². The van der Waals surface area contributed by atoms with Crippen LogP contribution < -0.4 is 0 Å². The van der Waals surface area contributed by atoms with E-state index in [1.165, 1.54) is 4.31 Å². The molecule has 3 aromatic rings. The fraction of sp³-hybridized carbons (Fsp3) is 0.412. The van der Waals surface area contributed by atoms with Crippen molar-refractivity contribution in [2.24, 2.45) is 0 Å². The van der Waals surface area contributed by atoms with E-state index in [0.29, 0.717) is 50.1 Å². The number of nitrogens with zero attached hydrogens (tertiary/aromatic N) is 4. The maximum atomic E-state index is 12.9. The standard InChI is InChI=1S/C17H20N4O4S2/c1-12-16(13(2)25-19-12)27(22,23)21-7-5-20(6-8-21)10-14-11-24-17(18-14)15-4-3-9-26-15/h3-4,9,11H,5-8,10H2,1-2H3. The van der Waals surface area contributed by atoms with Crippen molar-refractivity contribution in [3.8, 4) is 10.8 Å². The fourth-order valence-electron chi connectivity index (χ4n) is 3.22. The van der Waals surface area contributed by atoms with Gasteiger partial charge in [0.2, 0.25) is 15.9 Å². The molecule has 0 spiro atoms. The zero-order valence-corrected chi connectivity index (χ0v) is 16.7. The minimum Gasteiger partial charge on any atom is -0.444 e. The van der Waals surface area contributed by atoms with E-state index in [0.717, 1.165) is 10.6 Å². The van der Waals surface area contributed by atoms with Crippen LogP contribution in [0.15, 0.2) is 37.6 Å². The Bertz CT molecular complexity index is 996. The first-order valence-corrected chi connectivity index (χ1v) is 10.9. The van der Waals surface area contributed by atoms with Crippen LogP contribution in [-0.2, 0) is 16.6 Å². The Labute approximate surface area is 161 Å². The quantitative estimate of drug-likeness (QED) is 0.640. The Balaban J connectivity index is 1.39. The number of aryl methyl sites for hydroxylation is 2. The molecule has 27 heavy (non-hydrogen) atoms. The molecule has 3 aromatic heterocycles. The van der Waals surface area contributed by atoms with E-state index in [2.05, 4.69) is 15.0 Å². The van der Waals surface area contributed by atoms with E-state index in [9.17, 15) is 8.42 Å². The van der Waals surface area contributed by atoms with Crippen molar-refractivity contribution in [2.75, 3.05) is 26.2 Å². The minimum atomic E-state index is -3.58. The number of piperazine rings is 1. The van der Waals surface area contributed by atoms with E-state index in [-0.39, 0.29) is 4.90 Å². The highest BCUT2D eigenvalue weighted by Gasteiger charge is 2.33. The van der Waals surface area contributed by atoms with Gasteiger partial charge in [0.25, 0.3) is 0 Å². The van der Waals surface area contributed by atoms with Crippen molar-refractivity contribution in [1.29, 1.82) is 0 Å². The van der Waals surface area contributed by atoms with Gasteiger partial charge < -0.3 is 8.94 Å². The second kappa shape index (κ2) is 7.19. The van der Waals surface area contributed by atoms with Crippen LogP contribution in [0.1, 0.15) is 17.1 Å². The molecule has 4 rings (SSSR count). The van der Waals surface area contributed by atoms with Crippen LogP contribution in [0.2, 0.25) is 0 Å². The highest BCUT2D eigenvalue weighted by atomic mass is 32.2. The van der Waals surface area contributed by atoms with Crippen LogP contribution in [-0.4, -0.2) is 53.9 Å². The molecule has 10 heteroatoms. The lowest BCUT2D eigenvalue weighted by molar-refractivity contribution is 0.180. The van der Waals surface area contributed by atoms with Gasteiger partial charge in [0.15, 0.2) is 5.76 Å². The van der Waals surface area contributed by atoms with Crippen molar-refractivity contribution in [3.05, 3.63) is 40.9 Å². The maximum absolute atomic E-state index is 12.9. The Morgan fingerprint density at radius 3 is 2.63 bits per heavy atom. The van der Waals surface area contributed by atoms with Gasteiger partial charge in [0.1, 0.15) is 16.9 Å². The summed E-state index contributed by atoms with van der Waals surface area (Å²) in [5, 5.41) is 5.75. The minimum absolute atomic E-state index is 0.188. The second-order valence-electron chi connectivity index (χ2n) is 6.45. The first kappa shape index (κ1) is 18.4. The third kappa shape index (κ3) is 3.57. The van der Waals surface area contributed by atoms with Crippen LogP contribution in [0.4, 0.5) is 0 Å². The van der Waals surface area contributed by atoms with Gasteiger partial charge in [-0.3, -0.25) is 4.90 Å². The Morgan fingerprint density at radius 2 is 2.00 bits per heavy atom. The molecule has 1 aliphatic rings. The van der Waals surface area contributed by atoms with Gasteiger partial charge in [-0.1, -0.05) is 11.2 Å². The normalized spacial score (nSPS) is 16.8. The average Bonchev–Trinajstić information content (AvgIpc) is 3.37. The summed E-state index contributed by atoms with van der Waals surface area (Å²) < 4.78 is 37.8. The van der Waals surface area contributed by atoms with Crippen molar-refractivity contribution < 1.29 is 17.4 Å². The number of thiophene rings is 1. The lowest BCUT2D eigenvalue weighted by Crippen LogP contribution is -2.48. The highest BCUT2D eigenvalue weighted by Crippen LogP contribution is 2.26.